The maximum absolute atomic E-state index is 5.70. The second-order valence-corrected chi connectivity index (χ2v) is 5.34. The first-order valence-electron chi connectivity index (χ1n) is 6.77. The summed E-state index contributed by atoms with van der Waals surface area (Å²) in [6, 6.07) is 2.13. The first-order chi connectivity index (χ1) is 8.80. The Morgan fingerprint density at radius 1 is 1.17 bits per heavy atom. The van der Waals surface area contributed by atoms with E-state index in [1.807, 2.05) is 0 Å². The minimum Gasteiger partial charge on any atom is -0.496 e. The van der Waals surface area contributed by atoms with Crippen molar-refractivity contribution in [2.24, 2.45) is 5.73 Å². The van der Waals surface area contributed by atoms with E-state index in [0.717, 1.165) is 17.9 Å². The number of nitrogens with two attached hydrogens (primary N) is 1. The second-order valence-electron chi connectivity index (χ2n) is 5.34. The Morgan fingerprint density at radius 2 is 1.89 bits per heavy atom. The van der Waals surface area contributed by atoms with Gasteiger partial charge in [0.2, 0.25) is 0 Å². The van der Waals surface area contributed by atoms with Crippen LogP contribution in [0.2, 0.25) is 0 Å². The van der Waals surface area contributed by atoms with Gasteiger partial charge < -0.3 is 15.2 Å². The zero-order valence-corrected chi connectivity index (χ0v) is 11.2. The van der Waals surface area contributed by atoms with Crippen LogP contribution in [0.1, 0.15) is 47.8 Å². The van der Waals surface area contributed by atoms with Crippen LogP contribution < -0.4 is 15.2 Å². The van der Waals surface area contributed by atoms with Crippen LogP contribution >= 0.6 is 0 Å². The standard InChI is InChI=1S/C15H21NO2/c1-17-12-8-11(5-6-16)15(18-2)14-10-4-3-9(7-10)13(12)14/h8-10H,3-7,16H2,1-2H3/i8+1. The fourth-order valence-corrected chi connectivity index (χ4v) is 3.81. The predicted octanol–water partition coefficient (Wildman–Crippen LogP) is 2.57. The highest BCUT2D eigenvalue weighted by Crippen LogP contribution is 2.59. The van der Waals surface area contributed by atoms with Crippen LogP contribution in [0.25, 0.3) is 0 Å². The molecule has 3 nitrogen and oxygen atoms in total. The lowest BCUT2D eigenvalue weighted by molar-refractivity contribution is 0.387. The van der Waals surface area contributed by atoms with Gasteiger partial charge in [-0.25, -0.2) is 0 Å². The molecule has 2 unspecified atom stereocenters. The molecule has 2 bridgehead atoms. The average Bonchev–Trinajstić information content (AvgIpc) is 2.99. The van der Waals surface area contributed by atoms with Gasteiger partial charge in [-0.2, -0.15) is 0 Å². The highest BCUT2D eigenvalue weighted by molar-refractivity contribution is 5.60. The molecule has 2 N–H and O–H groups in total. The van der Waals surface area contributed by atoms with Crippen molar-refractivity contribution in [3.63, 3.8) is 0 Å². The van der Waals surface area contributed by atoms with Gasteiger partial charge in [0.15, 0.2) is 0 Å². The van der Waals surface area contributed by atoms with Gasteiger partial charge in [0, 0.05) is 11.1 Å². The summed E-state index contributed by atoms with van der Waals surface area (Å²) in [5.74, 6) is 3.47. The van der Waals surface area contributed by atoms with Crippen LogP contribution in [0.4, 0.5) is 0 Å². The van der Waals surface area contributed by atoms with E-state index < -0.39 is 0 Å². The van der Waals surface area contributed by atoms with Crippen molar-refractivity contribution in [1.82, 2.24) is 0 Å². The van der Waals surface area contributed by atoms with E-state index in [4.69, 9.17) is 15.2 Å². The van der Waals surface area contributed by atoms with Gasteiger partial charge in [-0.3, -0.25) is 0 Å². The van der Waals surface area contributed by atoms with Crippen LogP contribution in [0.15, 0.2) is 6.07 Å². The highest BCUT2D eigenvalue weighted by atomic mass is 16.5. The normalized spacial score (nSPS) is 24.2. The van der Waals surface area contributed by atoms with Gasteiger partial charge in [0.05, 0.1) is 14.2 Å². The van der Waals surface area contributed by atoms with Crippen LogP contribution in [-0.4, -0.2) is 20.8 Å². The summed E-state index contributed by atoms with van der Waals surface area (Å²) in [7, 11) is 3.54. The quantitative estimate of drug-likeness (QED) is 0.890. The van der Waals surface area contributed by atoms with Crippen molar-refractivity contribution in [3.8, 4) is 11.5 Å². The summed E-state index contributed by atoms with van der Waals surface area (Å²) in [6.45, 7) is 0.645. The molecular weight excluding hydrogens is 227 g/mol. The van der Waals surface area contributed by atoms with Crippen LogP contribution in [0.3, 0.4) is 0 Å². The molecule has 1 aromatic rings. The Balaban J connectivity index is 2.19. The molecular formula is C15H21NO2. The molecule has 0 heterocycles. The Hall–Kier alpha value is -1.22. The molecule has 0 radical (unpaired) electrons. The third-order valence-corrected chi connectivity index (χ3v) is 4.48. The molecule has 3 heteroatoms. The van der Waals surface area contributed by atoms with Crippen molar-refractivity contribution in [3.05, 3.63) is 22.8 Å². The molecule has 18 heavy (non-hydrogen) atoms. The van der Waals surface area contributed by atoms with Gasteiger partial charge >= 0.3 is 0 Å². The van der Waals surface area contributed by atoms with Crippen molar-refractivity contribution < 1.29 is 9.47 Å². The molecule has 0 amide bonds. The van der Waals surface area contributed by atoms with Crippen LogP contribution in [-0.2, 0) is 6.42 Å². The zero-order valence-electron chi connectivity index (χ0n) is 11.2. The third kappa shape index (κ3) is 1.53. The van der Waals surface area contributed by atoms with Gasteiger partial charge in [-0.05, 0) is 55.7 Å². The Bertz CT molecular complexity index is 470. The van der Waals surface area contributed by atoms with E-state index in [2.05, 4.69) is 6.07 Å². The summed E-state index contributed by atoms with van der Waals surface area (Å²) < 4.78 is 11.3. The molecule has 3 rings (SSSR count). The number of hydrogen-bond donors (Lipinski definition) is 1. The number of benzene rings is 1. The average molecular weight is 248 g/mol. The van der Waals surface area contributed by atoms with Gasteiger partial charge in [-0.1, -0.05) is 0 Å². The minimum atomic E-state index is 0.645. The van der Waals surface area contributed by atoms with E-state index in [0.29, 0.717) is 18.4 Å². The Labute approximate surface area is 108 Å². The maximum Gasteiger partial charge on any atom is 0.126 e. The molecule has 0 aromatic heterocycles. The smallest absolute Gasteiger partial charge is 0.126 e. The maximum atomic E-state index is 5.70. The summed E-state index contributed by atoms with van der Waals surface area (Å²) in [4.78, 5) is 0. The largest absolute Gasteiger partial charge is 0.496 e. The van der Waals surface area contributed by atoms with E-state index in [9.17, 15) is 0 Å². The van der Waals surface area contributed by atoms with Crippen molar-refractivity contribution in [1.29, 1.82) is 0 Å². The van der Waals surface area contributed by atoms with E-state index in [-0.39, 0.29) is 0 Å². The van der Waals surface area contributed by atoms with Crippen LogP contribution in [0, 0.1) is 0 Å². The summed E-state index contributed by atoms with van der Waals surface area (Å²) in [6.07, 6.45) is 4.72. The lowest BCUT2D eigenvalue weighted by atomic mass is 9.90. The monoisotopic (exact) mass is 248 g/mol. The molecule has 0 aliphatic heterocycles. The molecule has 0 spiro atoms. The number of methoxy groups -OCH3 is 2. The summed E-state index contributed by atoms with van der Waals surface area (Å²) in [5, 5.41) is 0. The van der Waals surface area contributed by atoms with Crippen molar-refractivity contribution in [2.45, 2.75) is 37.5 Å². The summed E-state index contributed by atoms with van der Waals surface area (Å²) in [5.41, 5.74) is 9.72. The first kappa shape index (κ1) is 11.8. The lowest BCUT2D eigenvalue weighted by Gasteiger charge is -2.23. The molecule has 2 aliphatic rings. The third-order valence-electron chi connectivity index (χ3n) is 4.48. The molecule has 1 aromatic carbocycles. The highest BCUT2D eigenvalue weighted by Gasteiger charge is 2.41. The van der Waals surface area contributed by atoms with Crippen LogP contribution in [0.5, 0.6) is 11.5 Å². The second kappa shape index (κ2) is 4.47. The fraction of sp³-hybridized carbons (Fsp3) is 0.600. The van der Waals surface area contributed by atoms with Gasteiger partial charge in [0.25, 0.3) is 0 Å². The van der Waals surface area contributed by atoms with E-state index in [1.165, 1.54) is 36.0 Å². The molecule has 1 saturated carbocycles. The molecule has 1 fully saturated rings. The molecule has 2 atom stereocenters. The molecule has 98 valence electrons. The zero-order chi connectivity index (χ0) is 12.7. The Kier molecular flexibility index (Phi) is 2.94. The van der Waals surface area contributed by atoms with Gasteiger partial charge in [0.1, 0.15) is 11.5 Å². The fourth-order valence-electron chi connectivity index (χ4n) is 3.81. The lowest BCUT2D eigenvalue weighted by Crippen LogP contribution is -2.09. The minimum absolute atomic E-state index is 0.645. The number of rotatable bonds is 4. The number of fused-ring (bicyclic) bond motifs is 5. The predicted molar refractivity (Wildman–Crippen MR) is 71.6 cm³/mol. The topological polar surface area (TPSA) is 44.5 Å². The number of hydrogen-bond acceptors (Lipinski definition) is 3. The SMILES string of the molecule is COc1[13cH]c(CCN)c(OC)c2c1C1CCC2C1. The first-order valence-corrected chi connectivity index (χ1v) is 6.77. The molecule has 2 aliphatic carbocycles. The number of ether oxygens (including phenoxy) is 2. The van der Waals surface area contributed by atoms with E-state index >= 15 is 0 Å². The van der Waals surface area contributed by atoms with Crippen molar-refractivity contribution in [2.75, 3.05) is 20.8 Å². The van der Waals surface area contributed by atoms with E-state index in [1.54, 1.807) is 14.2 Å². The van der Waals surface area contributed by atoms with Crippen molar-refractivity contribution >= 4 is 0 Å². The Morgan fingerprint density at radius 3 is 2.50 bits per heavy atom. The van der Waals surface area contributed by atoms with Gasteiger partial charge in [-0.15, -0.1) is 0 Å². The summed E-state index contributed by atoms with van der Waals surface area (Å²) >= 11 is 0. The molecule has 0 saturated heterocycles.